The summed E-state index contributed by atoms with van der Waals surface area (Å²) in [6, 6.07) is 7.07. The predicted molar refractivity (Wildman–Crippen MR) is 76.5 cm³/mol. The Morgan fingerprint density at radius 1 is 1.53 bits per heavy atom. The van der Waals surface area contributed by atoms with E-state index < -0.39 is 11.6 Å². The van der Waals surface area contributed by atoms with Crippen molar-refractivity contribution >= 4 is 18.3 Å². The molecule has 0 aliphatic rings. The standard InChI is InChI=1S/C13H20N2O3.ClH/c1-13(2,14)12(17)15-8-11(16)9-5-4-6-10(7-9)18-3;/h4-7,11,16H,8,14H2,1-3H3,(H,15,17);1H. The Hall–Kier alpha value is -1.30. The molecule has 0 bridgehead atoms. The Labute approximate surface area is 119 Å². The smallest absolute Gasteiger partial charge is 0.239 e. The molecule has 1 amide bonds. The van der Waals surface area contributed by atoms with Crippen LogP contribution in [0.4, 0.5) is 0 Å². The summed E-state index contributed by atoms with van der Waals surface area (Å²) in [4.78, 5) is 11.6. The average Bonchev–Trinajstić information content (AvgIpc) is 2.34. The Morgan fingerprint density at radius 2 is 2.16 bits per heavy atom. The van der Waals surface area contributed by atoms with E-state index in [1.165, 1.54) is 0 Å². The number of aliphatic hydroxyl groups is 1. The molecule has 0 spiro atoms. The SMILES string of the molecule is COc1cccc(C(O)CNC(=O)C(C)(C)N)c1.Cl. The second-order valence-corrected chi connectivity index (χ2v) is 4.72. The van der Waals surface area contributed by atoms with Gasteiger partial charge in [-0.05, 0) is 31.5 Å². The zero-order valence-electron chi connectivity index (χ0n) is 11.3. The molecule has 0 heterocycles. The summed E-state index contributed by atoms with van der Waals surface area (Å²) < 4.78 is 5.07. The number of halogens is 1. The maximum Gasteiger partial charge on any atom is 0.239 e. The summed E-state index contributed by atoms with van der Waals surface area (Å²) in [6.45, 7) is 3.34. The predicted octanol–water partition coefficient (Wildman–Crippen LogP) is 1.00. The first-order valence-corrected chi connectivity index (χ1v) is 5.74. The highest BCUT2D eigenvalue weighted by atomic mass is 35.5. The van der Waals surface area contributed by atoms with Gasteiger partial charge in [-0.15, -0.1) is 12.4 Å². The van der Waals surface area contributed by atoms with Crippen LogP contribution in [-0.2, 0) is 4.79 Å². The van der Waals surface area contributed by atoms with Crippen molar-refractivity contribution in [2.45, 2.75) is 25.5 Å². The fourth-order valence-corrected chi connectivity index (χ4v) is 1.38. The lowest BCUT2D eigenvalue weighted by molar-refractivity contribution is -0.125. The van der Waals surface area contributed by atoms with Crippen molar-refractivity contribution in [2.24, 2.45) is 5.73 Å². The zero-order valence-corrected chi connectivity index (χ0v) is 12.2. The largest absolute Gasteiger partial charge is 0.497 e. The Morgan fingerprint density at radius 3 is 2.68 bits per heavy atom. The number of aliphatic hydroxyl groups excluding tert-OH is 1. The number of nitrogens with one attached hydrogen (secondary N) is 1. The second kappa shape index (κ2) is 7.33. The van der Waals surface area contributed by atoms with Crippen molar-refractivity contribution in [1.29, 1.82) is 0 Å². The summed E-state index contributed by atoms with van der Waals surface area (Å²) in [7, 11) is 1.56. The van der Waals surface area contributed by atoms with Crippen molar-refractivity contribution in [1.82, 2.24) is 5.32 Å². The van der Waals surface area contributed by atoms with Crippen LogP contribution in [0.1, 0.15) is 25.5 Å². The number of carbonyl (C=O) groups excluding carboxylic acids is 1. The Bertz CT molecular complexity index is 419. The number of nitrogens with two attached hydrogens (primary N) is 1. The van der Waals surface area contributed by atoms with Gasteiger partial charge in [-0.2, -0.15) is 0 Å². The van der Waals surface area contributed by atoms with Crippen LogP contribution in [0, 0.1) is 0 Å². The maximum atomic E-state index is 11.6. The quantitative estimate of drug-likeness (QED) is 0.755. The van der Waals surface area contributed by atoms with Gasteiger partial charge in [-0.1, -0.05) is 12.1 Å². The molecule has 19 heavy (non-hydrogen) atoms. The minimum Gasteiger partial charge on any atom is -0.497 e. The number of carbonyl (C=O) groups is 1. The highest BCUT2D eigenvalue weighted by Gasteiger charge is 2.22. The summed E-state index contributed by atoms with van der Waals surface area (Å²) in [5.41, 5.74) is 5.37. The second-order valence-electron chi connectivity index (χ2n) is 4.72. The fourth-order valence-electron chi connectivity index (χ4n) is 1.38. The van der Waals surface area contributed by atoms with E-state index in [2.05, 4.69) is 5.32 Å². The molecule has 0 radical (unpaired) electrons. The fraction of sp³-hybridized carbons (Fsp3) is 0.462. The molecule has 1 rings (SSSR count). The third kappa shape index (κ3) is 5.46. The van der Waals surface area contributed by atoms with Crippen molar-refractivity contribution in [3.8, 4) is 5.75 Å². The average molecular weight is 289 g/mol. The van der Waals surface area contributed by atoms with Crippen molar-refractivity contribution in [2.75, 3.05) is 13.7 Å². The minimum atomic E-state index is -0.950. The van der Waals surface area contributed by atoms with Gasteiger partial charge >= 0.3 is 0 Å². The van der Waals surface area contributed by atoms with Gasteiger partial charge in [0.15, 0.2) is 0 Å². The van der Waals surface area contributed by atoms with Gasteiger partial charge in [0.25, 0.3) is 0 Å². The van der Waals surface area contributed by atoms with E-state index >= 15 is 0 Å². The molecule has 0 aliphatic heterocycles. The molecule has 1 atom stereocenters. The lowest BCUT2D eigenvalue weighted by Crippen LogP contribution is -2.49. The summed E-state index contributed by atoms with van der Waals surface area (Å²) in [6.07, 6.45) is -0.786. The summed E-state index contributed by atoms with van der Waals surface area (Å²) in [5.74, 6) is 0.362. The van der Waals surface area contributed by atoms with Crippen LogP contribution in [0.2, 0.25) is 0 Å². The van der Waals surface area contributed by atoms with Gasteiger partial charge in [0.2, 0.25) is 5.91 Å². The molecular formula is C13H21ClN2O3. The molecule has 6 heteroatoms. The Kier molecular flexibility index (Phi) is 6.83. The normalized spacial score (nSPS) is 12.3. The molecule has 1 unspecified atom stereocenters. The zero-order chi connectivity index (χ0) is 13.8. The van der Waals surface area contributed by atoms with E-state index in [0.717, 1.165) is 0 Å². The molecule has 0 aromatic heterocycles. The molecule has 4 N–H and O–H groups in total. The molecule has 1 aromatic carbocycles. The number of amides is 1. The van der Waals surface area contributed by atoms with E-state index in [0.29, 0.717) is 11.3 Å². The molecule has 0 saturated carbocycles. The lowest BCUT2D eigenvalue weighted by atomic mass is 10.1. The minimum absolute atomic E-state index is 0. The molecular weight excluding hydrogens is 268 g/mol. The van der Waals surface area contributed by atoms with Gasteiger partial charge in [0.05, 0.1) is 18.8 Å². The highest BCUT2D eigenvalue weighted by Crippen LogP contribution is 2.18. The first-order valence-electron chi connectivity index (χ1n) is 5.74. The third-order valence-electron chi connectivity index (χ3n) is 2.52. The number of methoxy groups -OCH3 is 1. The highest BCUT2D eigenvalue weighted by molar-refractivity contribution is 5.85. The number of ether oxygens (including phenoxy) is 1. The van der Waals surface area contributed by atoms with Crippen LogP contribution >= 0.6 is 12.4 Å². The summed E-state index contributed by atoms with van der Waals surface area (Å²) >= 11 is 0. The molecule has 0 fully saturated rings. The van der Waals surface area contributed by atoms with E-state index in [9.17, 15) is 9.90 Å². The van der Waals surface area contributed by atoms with Crippen LogP contribution in [0.5, 0.6) is 5.75 Å². The van der Waals surface area contributed by atoms with Gasteiger partial charge in [0, 0.05) is 6.54 Å². The molecule has 108 valence electrons. The Balaban J connectivity index is 0.00000324. The van der Waals surface area contributed by atoms with Crippen molar-refractivity contribution in [3.05, 3.63) is 29.8 Å². The van der Waals surface area contributed by atoms with Crippen molar-refractivity contribution < 1.29 is 14.6 Å². The maximum absolute atomic E-state index is 11.6. The number of hydrogen-bond donors (Lipinski definition) is 3. The van der Waals surface area contributed by atoms with Gasteiger partial charge < -0.3 is 20.9 Å². The van der Waals surface area contributed by atoms with E-state index in [1.54, 1.807) is 45.2 Å². The molecule has 5 nitrogen and oxygen atoms in total. The van der Waals surface area contributed by atoms with E-state index in [-0.39, 0.29) is 24.9 Å². The van der Waals surface area contributed by atoms with Crippen LogP contribution in [0.3, 0.4) is 0 Å². The first-order chi connectivity index (χ1) is 8.34. The molecule has 1 aromatic rings. The molecule has 0 saturated heterocycles. The third-order valence-corrected chi connectivity index (χ3v) is 2.52. The van der Waals surface area contributed by atoms with E-state index in [1.807, 2.05) is 0 Å². The van der Waals surface area contributed by atoms with Crippen LogP contribution in [0.15, 0.2) is 24.3 Å². The first kappa shape index (κ1) is 17.7. The van der Waals surface area contributed by atoms with Gasteiger partial charge in [-0.25, -0.2) is 0 Å². The lowest BCUT2D eigenvalue weighted by Gasteiger charge is -2.19. The van der Waals surface area contributed by atoms with Crippen molar-refractivity contribution in [3.63, 3.8) is 0 Å². The van der Waals surface area contributed by atoms with E-state index in [4.69, 9.17) is 10.5 Å². The number of rotatable bonds is 5. The summed E-state index contributed by atoms with van der Waals surface area (Å²) in [5, 5.41) is 12.5. The number of benzene rings is 1. The molecule has 0 aliphatic carbocycles. The van der Waals surface area contributed by atoms with Crippen LogP contribution in [0.25, 0.3) is 0 Å². The van der Waals surface area contributed by atoms with Gasteiger partial charge in [0.1, 0.15) is 5.75 Å². The van der Waals surface area contributed by atoms with Crippen LogP contribution < -0.4 is 15.8 Å². The van der Waals surface area contributed by atoms with Gasteiger partial charge in [-0.3, -0.25) is 4.79 Å². The number of hydrogen-bond acceptors (Lipinski definition) is 4. The van der Waals surface area contributed by atoms with Crippen LogP contribution in [-0.4, -0.2) is 30.2 Å². The monoisotopic (exact) mass is 288 g/mol. The topological polar surface area (TPSA) is 84.6 Å².